The number of aliphatic hydroxyl groups is 1. The quantitative estimate of drug-likeness (QED) is 0.775. The molecule has 0 radical (unpaired) electrons. The number of nitrogens with zero attached hydrogens (tertiary/aromatic N) is 3. The Hall–Kier alpha value is -1.46. The van der Waals surface area contributed by atoms with Gasteiger partial charge in [0.15, 0.2) is 5.65 Å². The first-order valence-corrected chi connectivity index (χ1v) is 5.22. The van der Waals surface area contributed by atoms with E-state index in [0.717, 1.165) is 11.3 Å². The van der Waals surface area contributed by atoms with Gasteiger partial charge in [-0.2, -0.15) is 0 Å². The van der Waals surface area contributed by atoms with Gasteiger partial charge >= 0.3 is 0 Å². The summed E-state index contributed by atoms with van der Waals surface area (Å²) < 4.78 is 1.94. The molecule has 1 atom stereocenters. The Balaban J connectivity index is 2.42. The van der Waals surface area contributed by atoms with Gasteiger partial charge in [-0.25, -0.2) is 9.97 Å². The van der Waals surface area contributed by atoms with Crippen LogP contribution in [0.25, 0.3) is 11.2 Å². The van der Waals surface area contributed by atoms with Crippen molar-refractivity contribution in [1.29, 1.82) is 0 Å². The summed E-state index contributed by atoms with van der Waals surface area (Å²) in [6.07, 6.45) is 2.14. The van der Waals surface area contributed by atoms with Gasteiger partial charge in [-0.05, 0) is 19.1 Å². The van der Waals surface area contributed by atoms with Crippen molar-refractivity contribution in [3.8, 4) is 0 Å². The molecule has 5 heteroatoms. The summed E-state index contributed by atoms with van der Waals surface area (Å²) in [5.74, 6) is 0.796. The highest BCUT2D eigenvalue weighted by Crippen LogP contribution is 2.16. The molecule has 16 heavy (non-hydrogen) atoms. The molecule has 0 aliphatic rings. The fourth-order valence-electron chi connectivity index (χ4n) is 1.64. The maximum absolute atomic E-state index is 9.93. The van der Waals surface area contributed by atoms with E-state index in [1.807, 2.05) is 23.7 Å². The first-order chi connectivity index (χ1) is 7.53. The molecule has 2 aromatic heterocycles. The predicted octanol–water partition coefficient (Wildman–Crippen LogP) is 0.221. The second-order valence-electron chi connectivity index (χ2n) is 4.31. The summed E-state index contributed by atoms with van der Waals surface area (Å²) >= 11 is 0. The Morgan fingerprint density at radius 1 is 1.56 bits per heavy atom. The molecule has 3 N–H and O–H groups in total. The molecule has 86 valence electrons. The van der Waals surface area contributed by atoms with Crippen molar-refractivity contribution in [2.75, 3.05) is 6.54 Å². The number of pyridine rings is 1. The van der Waals surface area contributed by atoms with Crippen LogP contribution in [0.3, 0.4) is 0 Å². The van der Waals surface area contributed by atoms with Crippen LogP contribution in [0.4, 0.5) is 0 Å². The van der Waals surface area contributed by atoms with Crippen molar-refractivity contribution in [2.24, 2.45) is 12.8 Å². The number of nitrogens with two attached hydrogens (primary N) is 1. The van der Waals surface area contributed by atoms with Crippen molar-refractivity contribution >= 4 is 11.2 Å². The molecule has 0 aliphatic heterocycles. The molecular formula is C11H16N4O. The molecule has 0 bridgehead atoms. The molecule has 0 aromatic carbocycles. The maximum Gasteiger partial charge on any atom is 0.177 e. The Morgan fingerprint density at radius 3 is 2.94 bits per heavy atom. The molecule has 5 nitrogen and oxygen atoms in total. The molecule has 0 amide bonds. The Kier molecular flexibility index (Phi) is 2.65. The second kappa shape index (κ2) is 3.84. The molecular weight excluding hydrogens is 204 g/mol. The largest absolute Gasteiger partial charge is 0.388 e. The highest BCUT2D eigenvalue weighted by Gasteiger charge is 2.22. The fraction of sp³-hybridized carbons (Fsp3) is 0.455. The summed E-state index contributed by atoms with van der Waals surface area (Å²) in [6.45, 7) is 1.92. The van der Waals surface area contributed by atoms with Gasteiger partial charge in [-0.15, -0.1) is 0 Å². The normalized spacial score (nSPS) is 15.2. The molecule has 0 saturated carbocycles. The van der Waals surface area contributed by atoms with Crippen LogP contribution in [-0.4, -0.2) is 31.8 Å². The van der Waals surface area contributed by atoms with E-state index in [9.17, 15) is 5.11 Å². The van der Waals surface area contributed by atoms with E-state index >= 15 is 0 Å². The summed E-state index contributed by atoms with van der Waals surface area (Å²) in [7, 11) is 1.92. The SMILES string of the molecule is Cn1c(CC(C)(O)CN)nc2ncccc21. The predicted molar refractivity (Wildman–Crippen MR) is 61.9 cm³/mol. The lowest BCUT2D eigenvalue weighted by Gasteiger charge is -2.20. The monoisotopic (exact) mass is 220 g/mol. The average Bonchev–Trinajstić information content (AvgIpc) is 2.56. The number of fused-ring (bicyclic) bond motifs is 1. The number of rotatable bonds is 3. The zero-order chi connectivity index (χ0) is 11.8. The molecule has 1 unspecified atom stereocenters. The summed E-state index contributed by atoms with van der Waals surface area (Å²) in [6, 6.07) is 3.82. The van der Waals surface area contributed by atoms with Crippen molar-refractivity contribution in [2.45, 2.75) is 18.9 Å². The van der Waals surface area contributed by atoms with Crippen molar-refractivity contribution in [1.82, 2.24) is 14.5 Å². The molecule has 2 heterocycles. The molecule has 0 aliphatic carbocycles. The number of aromatic nitrogens is 3. The highest BCUT2D eigenvalue weighted by atomic mass is 16.3. The maximum atomic E-state index is 9.93. The van der Waals surface area contributed by atoms with Crippen molar-refractivity contribution in [3.63, 3.8) is 0 Å². The van der Waals surface area contributed by atoms with E-state index < -0.39 is 5.60 Å². The summed E-state index contributed by atoms with van der Waals surface area (Å²) in [4.78, 5) is 8.56. The molecule has 0 saturated heterocycles. The van der Waals surface area contributed by atoms with Gasteiger partial charge in [0.05, 0.1) is 11.1 Å². The third-order valence-corrected chi connectivity index (χ3v) is 2.73. The van der Waals surface area contributed by atoms with Gasteiger partial charge in [-0.3, -0.25) is 0 Å². The van der Waals surface area contributed by atoms with Crippen LogP contribution >= 0.6 is 0 Å². The van der Waals surface area contributed by atoms with E-state index in [-0.39, 0.29) is 6.54 Å². The van der Waals surface area contributed by atoms with Gasteiger partial charge in [-0.1, -0.05) is 0 Å². The second-order valence-corrected chi connectivity index (χ2v) is 4.31. The standard InChI is InChI=1S/C11H16N4O/c1-11(16,7-12)6-9-14-10-8(15(9)2)4-3-5-13-10/h3-5,16H,6-7,12H2,1-2H3. The molecule has 0 fully saturated rings. The average molecular weight is 220 g/mol. The minimum Gasteiger partial charge on any atom is -0.388 e. The smallest absolute Gasteiger partial charge is 0.177 e. The number of hydrogen-bond donors (Lipinski definition) is 2. The van der Waals surface area contributed by atoms with Crippen LogP contribution in [0.5, 0.6) is 0 Å². The van der Waals surface area contributed by atoms with Crippen LogP contribution < -0.4 is 5.73 Å². The fourth-order valence-corrected chi connectivity index (χ4v) is 1.64. The molecule has 0 spiro atoms. The minimum atomic E-state index is -0.921. The van der Waals surface area contributed by atoms with Gasteiger partial charge in [0.2, 0.25) is 0 Å². The van der Waals surface area contributed by atoms with Crippen LogP contribution in [0, 0.1) is 0 Å². The van der Waals surface area contributed by atoms with E-state index in [4.69, 9.17) is 5.73 Å². The minimum absolute atomic E-state index is 0.212. The highest BCUT2D eigenvalue weighted by molar-refractivity contribution is 5.71. The topological polar surface area (TPSA) is 77.0 Å². The van der Waals surface area contributed by atoms with E-state index in [2.05, 4.69) is 9.97 Å². The number of hydrogen-bond acceptors (Lipinski definition) is 4. The van der Waals surface area contributed by atoms with E-state index in [1.54, 1.807) is 13.1 Å². The lowest BCUT2D eigenvalue weighted by Crippen LogP contribution is -2.37. The zero-order valence-electron chi connectivity index (χ0n) is 9.51. The van der Waals surface area contributed by atoms with Crippen LogP contribution in [0.1, 0.15) is 12.7 Å². The number of imidazole rings is 1. The lowest BCUT2D eigenvalue weighted by molar-refractivity contribution is 0.0670. The molecule has 2 rings (SSSR count). The van der Waals surface area contributed by atoms with Gasteiger partial charge in [0.25, 0.3) is 0 Å². The van der Waals surface area contributed by atoms with Crippen LogP contribution in [0.2, 0.25) is 0 Å². The summed E-state index contributed by atoms with van der Waals surface area (Å²) in [5.41, 5.74) is 6.24. The van der Waals surface area contributed by atoms with E-state index in [0.29, 0.717) is 12.1 Å². The molecule has 2 aromatic rings. The lowest BCUT2D eigenvalue weighted by atomic mass is 10.0. The first kappa shape index (κ1) is 11.0. The van der Waals surface area contributed by atoms with Crippen molar-refractivity contribution < 1.29 is 5.11 Å². The van der Waals surface area contributed by atoms with Gasteiger partial charge in [0.1, 0.15) is 5.82 Å². The van der Waals surface area contributed by atoms with Crippen LogP contribution in [0.15, 0.2) is 18.3 Å². The third-order valence-electron chi connectivity index (χ3n) is 2.73. The Labute approximate surface area is 93.9 Å². The Bertz CT molecular complexity index is 504. The first-order valence-electron chi connectivity index (χ1n) is 5.22. The number of aryl methyl sites for hydroxylation is 1. The zero-order valence-corrected chi connectivity index (χ0v) is 9.51. The summed E-state index contributed by atoms with van der Waals surface area (Å²) in [5, 5.41) is 9.93. The van der Waals surface area contributed by atoms with Gasteiger partial charge < -0.3 is 15.4 Å². The van der Waals surface area contributed by atoms with Crippen molar-refractivity contribution in [3.05, 3.63) is 24.2 Å². The third kappa shape index (κ3) is 1.91. The Morgan fingerprint density at radius 2 is 2.31 bits per heavy atom. The van der Waals surface area contributed by atoms with Gasteiger partial charge in [0, 0.05) is 26.2 Å². The van der Waals surface area contributed by atoms with E-state index in [1.165, 1.54) is 0 Å². The van der Waals surface area contributed by atoms with Crippen LogP contribution in [-0.2, 0) is 13.5 Å².